The third-order valence-corrected chi connectivity index (χ3v) is 3.96. The number of benzene rings is 2. The second kappa shape index (κ2) is 8.02. The Labute approximate surface area is 142 Å². The molecule has 0 N–H and O–H groups in total. The van der Waals surface area contributed by atoms with Crippen molar-refractivity contribution >= 4 is 17.6 Å². The summed E-state index contributed by atoms with van der Waals surface area (Å²) in [5.41, 5.74) is 3.02. The molecule has 122 valence electrons. The van der Waals surface area contributed by atoms with E-state index in [9.17, 15) is 4.79 Å². The quantitative estimate of drug-likeness (QED) is 0.545. The van der Waals surface area contributed by atoms with Crippen molar-refractivity contribution in [1.29, 1.82) is 0 Å². The van der Waals surface area contributed by atoms with Gasteiger partial charge >= 0.3 is 5.97 Å². The van der Waals surface area contributed by atoms with Crippen LogP contribution in [-0.2, 0) is 17.8 Å². The lowest BCUT2D eigenvalue weighted by Crippen LogP contribution is -2.09. The van der Waals surface area contributed by atoms with Gasteiger partial charge in [-0.2, -0.15) is 0 Å². The van der Waals surface area contributed by atoms with Crippen LogP contribution < -0.4 is 9.47 Å². The molecule has 0 aliphatic heterocycles. The molecule has 0 aromatic heterocycles. The zero-order chi connectivity index (χ0) is 16.8. The summed E-state index contributed by atoms with van der Waals surface area (Å²) in [5.74, 6) is 0.957. The summed E-state index contributed by atoms with van der Waals surface area (Å²) in [6.07, 6.45) is 1.30. The SMILES string of the molecule is CCC(=O)Oc1cccc(Cl)c1COc1ccc(CC)cc1C. The molecule has 0 radical (unpaired) electrons. The predicted octanol–water partition coefficient (Wildman–Crippen LogP) is 5.11. The second-order valence-corrected chi connectivity index (χ2v) is 5.69. The zero-order valence-electron chi connectivity index (χ0n) is 13.7. The highest BCUT2D eigenvalue weighted by Gasteiger charge is 2.13. The maximum Gasteiger partial charge on any atom is 0.310 e. The van der Waals surface area contributed by atoms with Crippen molar-refractivity contribution in [2.24, 2.45) is 0 Å². The summed E-state index contributed by atoms with van der Waals surface area (Å²) in [6.45, 7) is 6.13. The predicted molar refractivity (Wildman–Crippen MR) is 92.3 cm³/mol. The molecule has 0 atom stereocenters. The Morgan fingerprint density at radius 2 is 1.91 bits per heavy atom. The molecule has 0 amide bonds. The Morgan fingerprint density at radius 1 is 1.13 bits per heavy atom. The van der Waals surface area contributed by atoms with Gasteiger partial charge in [0.15, 0.2) is 0 Å². The van der Waals surface area contributed by atoms with Gasteiger partial charge in [0, 0.05) is 6.42 Å². The minimum absolute atomic E-state index is 0.248. The summed E-state index contributed by atoms with van der Waals surface area (Å²) < 4.78 is 11.2. The first-order chi connectivity index (χ1) is 11.0. The molecule has 0 heterocycles. The van der Waals surface area contributed by atoms with Crippen molar-refractivity contribution in [3.05, 3.63) is 58.1 Å². The summed E-state index contributed by atoms with van der Waals surface area (Å²) in [6, 6.07) is 11.4. The summed E-state index contributed by atoms with van der Waals surface area (Å²) in [4.78, 5) is 11.5. The molecule has 0 saturated heterocycles. The van der Waals surface area contributed by atoms with E-state index < -0.39 is 0 Å². The van der Waals surface area contributed by atoms with E-state index in [-0.39, 0.29) is 12.6 Å². The summed E-state index contributed by atoms with van der Waals surface area (Å²) in [5, 5.41) is 0.522. The Morgan fingerprint density at radius 3 is 2.57 bits per heavy atom. The fraction of sp³-hybridized carbons (Fsp3) is 0.316. The van der Waals surface area contributed by atoms with Crippen LogP contribution in [0.2, 0.25) is 5.02 Å². The van der Waals surface area contributed by atoms with Crippen molar-refractivity contribution in [2.45, 2.75) is 40.2 Å². The van der Waals surface area contributed by atoms with E-state index in [4.69, 9.17) is 21.1 Å². The van der Waals surface area contributed by atoms with Crippen LogP contribution in [0.5, 0.6) is 11.5 Å². The fourth-order valence-corrected chi connectivity index (χ4v) is 2.43. The number of rotatable bonds is 6. The molecule has 0 unspecified atom stereocenters. The molecular formula is C19H21ClO3. The number of carbonyl (C=O) groups excluding carboxylic acids is 1. The van der Waals surface area contributed by atoms with Gasteiger partial charge in [-0.05, 0) is 42.7 Å². The lowest BCUT2D eigenvalue weighted by Gasteiger charge is -2.14. The number of ether oxygens (including phenoxy) is 2. The lowest BCUT2D eigenvalue weighted by molar-refractivity contribution is -0.134. The van der Waals surface area contributed by atoms with E-state index in [1.54, 1.807) is 25.1 Å². The van der Waals surface area contributed by atoms with Gasteiger partial charge in [0.2, 0.25) is 0 Å². The maximum absolute atomic E-state index is 11.5. The average Bonchev–Trinajstić information content (AvgIpc) is 2.55. The van der Waals surface area contributed by atoms with Crippen molar-refractivity contribution in [2.75, 3.05) is 0 Å². The van der Waals surface area contributed by atoms with Crippen LogP contribution in [0.3, 0.4) is 0 Å². The van der Waals surface area contributed by atoms with Gasteiger partial charge in [-0.25, -0.2) is 0 Å². The van der Waals surface area contributed by atoms with E-state index in [2.05, 4.69) is 13.0 Å². The highest BCUT2D eigenvalue weighted by Crippen LogP contribution is 2.29. The van der Waals surface area contributed by atoms with Crippen LogP contribution in [0.1, 0.15) is 37.0 Å². The van der Waals surface area contributed by atoms with Gasteiger partial charge in [0.1, 0.15) is 18.1 Å². The summed E-state index contributed by atoms with van der Waals surface area (Å²) in [7, 11) is 0. The van der Waals surface area contributed by atoms with Gasteiger partial charge in [-0.1, -0.05) is 43.6 Å². The first-order valence-corrected chi connectivity index (χ1v) is 8.13. The number of carbonyl (C=O) groups is 1. The monoisotopic (exact) mass is 332 g/mol. The molecule has 0 aliphatic rings. The number of halogens is 1. The maximum atomic E-state index is 11.5. The zero-order valence-corrected chi connectivity index (χ0v) is 14.4. The Bertz CT molecular complexity index is 695. The first-order valence-electron chi connectivity index (χ1n) is 7.75. The van der Waals surface area contributed by atoms with E-state index in [0.29, 0.717) is 22.8 Å². The molecule has 0 aliphatic carbocycles. The number of esters is 1. The molecule has 0 spiro atoms. The number of hydrogen-bond donors (Lipinski definition) is 0. The van der Waals surface area contributed by atoms with Crippen LogP contribution in [0.4, 0.5) is 0 Å². The van der Waals surface area contributed by atoms with E-state index in [1.165, 1.54) is 5.56 Å². The standard InChI is InChI=1S/C19H21ClO3/c1-4-14-9-10-17(13(3)11-14)22-12-15-16(20)7-6-8-18(15)23-19(21)5-2/h6-11H,4-5,12H2,1-3H3. The molecule has 2 rings (SSSR count). The topological polar surface area (TPSA) is 35.5 Å². The minimum Gasteiger partial charge on any atom is -0.488 e. The van der Waals surface area contributed by atoms with Gasteiger partial charge in [0.05, 0.1) is 10.6 Å². The number of aryl methyl sites for hydroxylation is 2. The smallest absolute Gasteiger partial charge is 0.310 e. The van der Waals surface area contributed by atoms with Crippen LogP contribution in [-0.4, -0.2) is 5.97 Å². The van der Waals surface area contributed by atoms with Crippen LogP contribution >= 0.6 is 11.6 Å². The minimum atomic E-state index is -0.294. The van der Waals surface area contributed by atoms with E-state index in [0.717, 1.165) is 17.7 Å². The van der Waals surface area contributed by atoms with Crippen molar-refractivity contribution in [3.8, 4) is 11.5 Å². The lowest BCUT2D eigenvalue weighted by atomic mass is 10.1. The Hall–Kier alpha value is -2.00. The molecule has 23 heavy (non-hydrogen) atoms. The first kappa shape index (κ1) is 17.4. The molecule has 2 aromatic rings. The third kappa shape index (κ3) is 4.49. The second-order valence-electron chi connectivity index (χ2n) is 5.29. The van der Waals surface area contributed by atoms with Crippen LogP contribution in [0, 0.1) is 6.92 Å². The molecule has 4 heteroatoms. The largest absolute Gasteiger partial charge is 0.488 e. The Balaban J connectivity index is 2.18. The normalized spacial score (nSPS) is 10.4. The van der Waals surface area contributed by atoms with Gasteiger partial charge in [0.25, 0.3) is 0 Å². The van der Waals surface area contributed by atoms with Crippen LogP contribution in [0.15, 0.2) is 36.4 Å². The van der Waals surface area contributed by atoms with Gasteiger partial charge in [-0.15, -0.1) is 0 Å². The van der Waals surface area contributed by atoms with Gasteiger partial charge in [-0.3, -0.25) is 4.79 Å². The molecular weight excluding hydrogens is 312 g/mol. The fourth-order valence-electron chi connectivity index (χ4n) is 2.21. The number of hydrogen-bond acceptors (Lipinski definition) is 3. The average molecular weight is 333 g/mol. The van der Waals surface area contributed by atoms with Crippen molar-refractivity contribution in [3.63, 3.8) is 0 Å². The summed E-state index contributed by atoms with van der Waals surface area (Å²) >= 11 is 6.24. The highest BCUT2D eigenvalue weighted by molar-refractivity contribution is 6.31. The van der Waals surface area contributed by atoms with E-state index in [1.807, 2.05) is 19.1 Å². The third-order valence-electron chi connectivity index (χ3n) is 3.61. The van der Waals surface area contributed by atoms with Gasteiger partial charge < -0.3 is 9.47 Å². The van der Waals surface area contributed by atoms with Crippen molar-refractivity contribution < 1.29 is 14.3 Å². The molecule has 0 fully saturated rings. The molecule has 2 aromatic carbocycles. The Kier molecular flexibility index (Phi) is 6.05. The van der Waals surface area contributed by atoms with E-state index >= 15 is 0 Å². The molecule has 0 saturated carbocycles. The van der Waals surface area contributed by atoms with Crippen molar-refractivity contribution in [1.82, 2.24) is 0 Å². The highest BCUT2D eigenvalue weighted by atomic mass is 35.5. The van der Waals surface area contributed by atoms with Crippen LogP contribution in [0.25, 0.3) is 0 Å². The molecule has 3 nitrogen and oxygen atoms in total. The molecule has 0 bridgehead atoms.